The average molecular weight is 398 g/mol. The normalized spacial score (nSPS) is 20.3. The molecule has 27 heavy (non-hydrogen) atoms. The first-order valence-corrected chi connectivity index (χ1v) is 10.9. The Morgan fingerprint density at radius 1 is 1.30 bits per heavy atom. The van der Waals surface area contributed by atoms with Crippen molar-refractivity contribution in [1.29, 1.82) is 0 Å². The van der Waals surface area contributed by atoms with Crippen LogP contribution in [0.1, 0.15) is 54.9 Å². The number of aromatic carboxylic acids is 1. The molecule has 1 N–H and O–H groups in total. The van der Waals surface area contributed by atoms with E-state index in [0.29, 0.717) is 38.5 Å². The minimum Gasteiger partial charge on any atom is -0.477 e. The van der Waals surface area contributed by atoms with Crippen LogP contribution in [0.2, 0.25) is 0 Å². The second-order valence-electron chi connectivity index (χ2n) is 7.27. The van der Waals surface area contributed by atoms with E-state index in [0.717, 1.165) is 6.26 Å². The molecule has 0 atom stereocenters. The van der Waals surface area contributed by atoms with Gasteiger partial charge in [0.15, 0.2) is 9.84 Å². The molecular weight excluding hydrogens is 376 g/mol. The molecule has 2 saturated carbocycles. The molecule has 2 fully saturated rings. The van der Waals surface area contributed by atoms with Gasteiger partial charge >= 0.3 is 5.97 Å². The number of carboxylic acid groups (broad SMARTS) is 1. The lowest BCUT2D eigenvalue weighted by molar-refractivity contribution is -0.137. The summed E-state index contributed by atoms with van der Waals surface area (Å²) in [5.74, 6) is -1.55. The summed E-state index contributed by atoms with van der Waals surface area (Å²) in [6.07, 6.45) is 5.03. The van der Waals surface area contributed by atoms with Crippen molar-refractivity contribution in [3.05, 3.63) is 11.8 Å². The first kappa shape index (κ1) is 19.5. The summed E-state index contributed by atoms with van der Waals surface area (Å²) in [5.41, 5.74) is -0.995. The fraction of sp³-hybridized carbons (Fsp3) is 0.647. The van der Waals surface area contributed by atoms with Crippen LogP contribution in [0.3, 0.4) is 0 Å². The van der Waals surface area contributed by atoms with Gasteiger partial charge in [-0.2, -0.15) is 0 Å². The highest BCUT2D eigenvalue weighted by Crippen LogP contribution is 2.47. The predicted octanol–water partition coefficient (Wildman–Crippen LogP) is 1.04. The Morgan fingerprint density at radius 2 is 1.89 bits per heavy atom. The number of nitrogens with zero attached hydrogens (tertiary/aromatic N) is 2. The van der Waals surface area contributed by atoms with E-state index in [1.807, 2.05) is 0 Å². The highest BCUT2D eigenvalue weighted by molar-refractivity contribution is 7.90. The Labute approximate surface area is 156 Å². The largest absolute Gasteiger partial charge is 0.477 e. The molecule has 0 aromatic carbocycles. The monoisotopic (exact) mass is 398 g/mol. The molecule has 9 nitrogen and oxygen atoms in total. The quantitative estimate of drug-likeness (QED) is 0.703. The fourth-order valence-electron chi connectivity index (χ4n) is 3.88. The molecule has 10 heteroatoms. The lowest BCUT2D eigenvalue weighted by atomic mass is 9.70. The molecule has 0 amide bonds. The van der Waals surface area contributed by atoms with Crippen LogP contribution in [-0.2, 0) is 19.4 Å². The number of aromatic nitrogens is 2. The van der Waals surface area contributed by atoms with Gasteiger partial charge < -0.3 is 9.84 Å². The van der Waals surface area contributed by atoms with Crippen LogP contribution >= 0.6 is 0 Å². The zero-order valence-corrected chi connectivity index (χ0v) is 15.8. The smallest absolute Gasteiger partial charge is 0.342 e. The van der Waals surface area contributed by atoms with Gasteiger partial charge in [0.25, 0.3) is 0 Å². The Hall–Kier alpha value is -2.23. The highest BCUT2D eigenvalue weighted by atomic mass is 32.2. The molecule has 0 radical (unpaired) electrons. The van der Waals surface area contributed by atoms with Crippen molar-refractivity contribution in [3.63, 3.8) is 0 Å². The van der Waals surface area contributed by atoms with E-state index in [4.69, 9.17) is 4.74 Å². The maximum atomic E-state index is 12.2. The second kappa shape index (κ2) is 7.06. The summed E-state index contributed by atoms with van der Waals surface area (Å²) in [6, 6.07) is -0.137. The number of carbonyl (C=O) groups excluding carboxylic acids is 2. The molecule has 1 spiro atoms. The molecule has 0 aliphatic heterocycles. The molecule has 1 aromatic rings. The lowest BCUT2D eigenvalue weighted by Gasteiger charge is -2.34. The lowest BCUT2D eigenvalue weighted by Crippen LogP contribution is -2.37. The van der Waals surface area contributed by atoms with Gasteiger partial charge in [-0.25, -0.2) is 13.2 Å². The van der Waals surface area contributed by atoms with Gasteiger partial charge in [-0.05, 0) is 25.7 Å². The van der Waals surface area contributed by atoms with Gasteiger partial charge in [-0.15, -0.1) is 5.10 Å². The van der Waals surface area contributed by atoms with E-state index >= 15 is 0 Å². The number of hydrogen-bond acceptors (Lipinski definition) is 7. The number of sulfone groups is 1. The van der Waals surface area contributed by atoms with E-state index in [1.165, 1.54) is 10.9 Å². The third kappa shape index (κ3) is 3.90. The zero-order valence-electron chi connectivity index (χ0n) is 15.0. The molecule has 0 unspecified atom stereocenters. The minimum absolute atomic E-state index is 0.0161. The Bertz CT molecular complexity index is 861. The van der Waals surface area contributed by atoms with Crippen molar-refractivity contribution in [2.45, 2.75) is 44.6 Å². The van der Waals surface area contributed by atoms with Crippen LogP contribution in [0.15, 0.2) is 6.20 Å². The molecule has 1 aromatic heterocycles. The SMILES string of the molecule is CS(=O)(=O)CCOc1nn(C2CCC3(CC2)C(=O)CCC3=O)cc1C(=O)O. The topological polar surface area (TPSA) is 133 Å². The average Bonchev–Trinajstić information content (AvgIpc) is 3.12. The van der Waals surface area contributed by atoms with Crippen LogP contribution in [0.4, 0.5) is 0 Å². The summed E-state index contributed by atoms with van der Waals surface area (Å²) in [7, 11) is -3.24. The van der Waals surface area contributed by atoms with E-state index in [-0.39, 0.29) is 41.4 Å². The summed E-state index contributed by atoms with van der Waals surface area (Å²) < 4.78 is 29.2. The summed E-state index contributed by atoms with van der Waals surface area (Å²) in [5, 5.41) is 13.5. The first-order valence-electron chi connectivity index (χ1n) is 8.82. The fourth-order valence-corrected chi connectivity index (χ4v) is 4.27. The summed E-state index contributed by atoms with van der Waals surface area (Å²) in [6.45, 7) is -0.188. The van der Waals surface area contributed by atoms with Crippen LogP contribution in [0.5, 0.6) is 5.88 Å². The molecule has 0 bridgehead atoms. The summed E-state index contributed by atoms with van der Waals surface area (Å²) >= 11 is 0. The predicted molar refractivity (Wildman–Crippen MR) is 93.6 cm³/mol. The van der Waals surface area contributed by atoms with Crippen molar-refractivity contribution in [2.24, 2.45) is 5.41 Å². The van der Waals surface area contributed by atoms with Crippen LogP contribution < -0.4 is 4.74 Å². The van der Waals surface area contributed by atoms with Crippen LogP contribution in [0.25, 0.3) is 0 Å². The van der Waals surface area contributed by atoms with Crippen molar-refractivity contribution < 1.29 is 32.6 Å². The van der Waals surface area contributed by atoms with Gasteiger partial charge in [0, 0.05) is 25.3 Å². The number of ketones is 2. The molecule has 148 valence electrons. The number of rotatable bonds is 6. The minimum atomic E-state index is -3.24. The number of ether oxygens (including phenoxy) is 1. The Kier molecular flexibility index (Phi) is 5.11. The standard InChI is InChI=1S/C17H22N2O7S/c1-27(24,25)9-8-26-15-12(16(22)23)10-19(18-15)11-4-6-17(7-5-11)13(20)2-3-14(17)21/h10-11H,2-9H2,1H3,(H,22,23). The third-order valence-electron chi connectivity index (χ3n) is 5.45. The van der Waals surface area contributed by atoms with Crippen molar-refractivity contribution >= 4 is 27.4 Å². The maximum Gasteiger partial charge on any atom is 0.342 e. The van der Waals surface area contributed by atoms with Gasteiger partial charge in [0.1, 0.15) is 23.7 Å². The summed E-state index contributed by atoms with van der Waals surface area (Å²) in [4.78, 5) is 35.7. The highest BCUT2D eigenvalue weighted by Gasteiger charge is 2.51. The maximum absolute atomic E-state index is 12.2. The Balaban J connectivity index is 1.72. The molecular formula is C17H22N2O7S. The van der Waals surface area contributed by atoms with Gasteiger partial charge in [0.05, 0.1) is 17.2 Å². The molecule has 3 rings (SSSR count). The van der Waals surface area contributed by atoms with Gasteiger partial charge in [0.2, 0.25) is 5.88 Å². The van der Waals surface area contributed by atoms with Gasteiger partial charge in [-0.3, -0.25) is 14.3 Å². The molecule has 0 saturated heterocycles. The number of carbonyl (C=O) groups is 3. The van der Waals surface area contributed by atoms with Crippen LogP contribution in [-0.4, -0.2) is 59.5 Å². The van der Waals surface area contributed by atoms with Crippen molar-refractivity contribution in [3.8, 4) is 5.88 Å². The van der Waals surface area contributed by atoms with Crippen molar-refractivity contribution in [2.75, 3.05) is 18.6 Å². The second-order valence-corrected chi connectivity index (χ2v) is 9.53. The molecule has 1 heterocycles. The van der Waals surface area contributed by atoms with E-state index in [1.54, 1.807) is 0 Å². The van der Waals surface area contributed by atoms with Crippen molar-refractivity contribution in [1.82, 2.24) is 9.78 Å². The van der Waals surface area contributed by atoms with E-state index in [2.05, 4.69) is 5.10 Å². The first-order chi connectivity index (χ1) is 12.6. The van der Waals surface area contributed by atoms with Crippen LogP contribution in [0, 0.1) is 5.41 Å². The number of hydrogen-bond donors (Lipinski definition) is 1. The number of carboxylic acids is 1. The van der Waals surface area contributed by atoms with Gasteiger partial charge in [-0.1, -0.05) is 0 Å². The molecule has 2 aliphatic carbocycles. The zero-order chi connectivity index (χ0) is 19.8. The molecule has 2 aliphatic rings. The van der Waals surface area contributed by atoms with E-state index < -0.39 is 21.2 Å². The number of Topliss-reactive ketones (excluding diaryl/α,β-unsaturated/α-hetero) is 2. The Morgan fingerprint density at radius 3 is 2.41 bits per heavy atom. The van der Waals surface area contributed by atoms with E-state index in [9.17, 15) is 27.9 Å². The third-order valence-corrected chi connectivity index (χ3v) is 6.36.